The number of hydrogen-bond acceptors (Lipinski definition) is 4. The average Bonchev–Trinajstić information content (AvgIpc) is 2.89. The van der Waals surface area contributed by atoms with E-state index in [4.69, 9.17) is 5.73 Å². The molecule has 2 aliphatic carbocycles. The molecule has 0 aromatic rings. The Labute approximate surface area is 158 Å². The minimum atomic E-state index is -0.202. The molecule has 2 fully saturated rings. The standard InChI is InChI=1S/C12H21N3O.C8H15NO/c1-15-11(16)10(14-12(15)13)8-7-9-5-3-2-4-6-9;1-7(10)9-8-5-3-2-4-6-8/h9-10H,2-8H2,1H3,(H2,13,14);8H,2-6H2,1H3,(H,9,10). The Kier molecular flexibility index (Phi) is 8.39. The summed E-state index contributed by atoms with van der Waals surface area (Å²) in [7, 11) is 1.70. The SMILES string of the molecule is CC(=O)NC1CCCCC1.CN1C(=O)C(CCC2CCCCC2)N=C1N. The van der Waals surface area contributed by atoms with Crippen molar-refractivity contribution in [2.45, 2.75) is 96.1 Å². The van der Waals surface area contributed by atoms with Crippen molar-refractivity contribution in [1.82, 2.24) is 10.2 Å². The normalized spacial score (nSPS) is 24.7. The van der Waals surface area contributed by atoms with Crippen LogP contribution in [0.4, 0.5) is 0 Å². The molecular weight excluding hydrogens is 328 g/mol. The van der Waals surface area contributed by atoms with Gasteiger partial charge in [-0.05, 0) is 31.6 Å². The summed E-state index contributed by atoms with van der Waals surface area (Å²) in [6, 6.07) is 0.276. The molecule has 0 bridgehead atoms. The zero-order valence-corrected chi connectivity index (χ0v) is 16.5. The number of amides is 2. The minimum Gasteiger partial charge on any atom is -0.369 e. The van der Waals surface area contributed by atoms with Gasteiger partial charge < -0.3 is 11.1 Å². The van der Waals surface area contributed by atoms with Crippen LogP contribution in [-0.4, -0.2) is 41.8 Å². The number of carbonyl (C=O) groups excluding carboxylic acids is 2. The van der Waals surface area contributed by atoms with E-state index < -0.39 is 0 Å². The summed E-state index contributed by atoms with van der Waals surface area (Å²) in [5.41, 5.74) is 5.62. The highest BCUT2D eigenvalue weighted by Crippen LogP contribution is 2.28. The smallest absolute Gasteiger partial charge is 0.253 e. The molecule has 3 N–H and O–H groups in total. The molecule has 1 heterocycles. The molecule has 148 valence electrons. The van der Waals surface area contributed by atoms with Crippen molar-refractivity contribution >= 4 is 17.8 Å². The van der Waals surface area contributed by atoms with Crippen molar-refractivity contribution in [3.8, 4) is 0 Å². The Morgan fingerprint density at radius 1 is 1.08 bits per heavy atom. The molecule has 0 spiro atoms. The molecule has 6 nitrogen and oxygen atoms in total. The van der Waals surface area contributed by atoms with E-state index in [1.165, 1.54) is 69.1 Å². The van der Waals surface area contributed by atoms with Crippen molar-refractivity contribution in [1.29, 1.82) is 0 Å². The number of carbonyl (C=O) groups is 2. The van der Waals surface area contributed by atoms with Crippen molar-refractivity contribution in [3.05, 3.63) is 0 Å². The van der Waals surface area contributed by atoms with Gasteiger partial charge in [0.2, 0.25) is 5.91 Å². The first-order chi connectivity index (χ1) is 12.5. The molecule has 3 rings (SSSR count). The van der Waals surface area contributed by atoms with Gasteiger partial charge in [-0.1, -0.05) is 51.4 Å². The Balaban J connectivity index is 0.000000209. The van der Waals surface area contributed by atoms with Crippen LogP contribution >= 0.6 is 0 Å². The summed E-state index contributed by atoms with van der Waals surface area (Å²) in [5, 5.41) is 2.94. The lowest BCUT2D eigenvalue weighted by Crippen LogP contribution is -2.35. The summed E-state index contributed by atoms with van der Waals surface area (Å²) in [6.07, 6.45) is 15.0. The third kappa shape index (κ3) is 6.61. The number of hydrogen-bond donors (Lipinski definition) is 2. The molecule has 26 heavy (non-hydrogen) atoms. The Hall–Kier alpha value is -1.59. The molecule has 3 aliphatic rings. The van der Waals surface area contributed by atoms with E-state index in [2.05, 4.69) is 10.3 Å². The number of nitrogens with zero attached hydrogens (tertiary/aromatic N) is 2. The van der Waals surface area contributed by atoms with Gasteiger partial charge in [-0.2, -0.15) is 0 Å². The second-order valence-corrected chi connectivity index (χ2v) is 8.02. The van der Waals surface area contributed by atoms with E-state index in [0.717, 1.165) is 18.8 Å². The molecule has 2 saturated carbocycles. The van der Waals surface area contributed by atoms with E-state index in [9.17, 15) is 9.59 Å². The fourth-order valence-corrected chi connectivity index (χ4v) is 4.23. The molecule has 0 aromatic heterocycles. The summed E-state index contributed by atoms with van der Waals surface area (Å²) in [6.45, 7) is 1.59. The number of aliphatic imine (C=N–C) groups is 1. The fraction of sp³-hybridized carbons (Fsp3) is 0.850. The van der Waals surface area contributed by atoms with Crippen molar-refractivity contribution < 1.29 is 9.59 Å². The first kappa shape index (κ1) is 20.7. The monoisotopic (exact) mass is 364 g/mol. The Morgan fingerprint density at radius 2 is 1.65 bits per heavy atom. The second kappa shape index (κ2) is 10.5. The van der Waals surface area contributed by atoms with Crippen LogP contribution in [0.5, 0.6) is 0 Å². The van der Waals surface area contributed by atoms with Crippen LogP contribution in [0.3, 0.4) is 0 Å². The largest absolute Gasteiger partial charge is 0.369 e. The van der Waals surface area contributed by atoms with Gasteiger partial charge >= 0.3 is 0 Å². The molecule has 1 aliphatic heterocycles. The summed E-state index contributed by atoms with van der Waals surface area (Å²) in [5.74, 6) is 1.36. The van der Waals surface area contributed by atoms with Gasteiger partial charge in [0.25, 0.3) is 5.91 Å². The molecule has 2 amide bonds. The number of nitrogens with two attached hydrogens (primary N) is 1. The topological polar surface area (TPSA) is 87.8 Å². The molecule has 1 atom stereocenters. The van der Waals surface area contributed by atoms with Gasteiger partial charge in [0, 0.05) is 20.0 Å². The van der Waals surface area contributed by atoms with Gasteiger partial charge in [0.15, 0.2) is 5.96 Å². The van der Waals surface area contributed by atoms with Crippen LogP contribution in [0.1, 0.15) is 84.0 Å². The highest BCUT2D eigenvalue weighted by Gasteiger charge is 2.30. The van der Waals surface area contributed by atoms with Crippen molar-refractivity contribution in [3.63, 3.8) is 0 Å². The van der Waals surface area contributed by atoms with Gasteiger partial charge in [0.05, 0.1) is 0 Å². The average molecular weight is 365 g/mol. The van der Waals surface area contributed by atoms with Crippen LogP contribution in [0, 0.1) is 5.92 Å². The molecular formula is C20H36N4O2. The third-order valence-corrected chi connectivity index (χ3v) is 5.83. The number of likely N-dealkylation sites (N-methyl/N-ethyl adjacent to an activating group) is 1. The molecule has 0 saturated heterocycles. The van der Waals surface area contributed by atoms with Gasteiger partial charge in [0.1, 0.15) is 6.04 Å². The number of nitrogens with one attached hydrogen (secondary N) is 1. The third-order valence-electron chi connectivity index (χ3n) is 5.83. The van der Waals surface area contributed by atoms with Crippen LogP contribution in [0.25, 0.3) is 0 Å². The van der Waals surface area contributed by atoms with E-state index in [1.54, 1.807) is 14.0 Å². The van der Waals surface area contributed by atoms with E-state index >= 15 is 0 Å². The lowest BCUT2D eigenvalue weighted by Gasteiger charge is -2.21. The lowest BCUT2D eigenvalue weighted by molar-refractivity contribution is -0.126. The number of rotatable bonds is 4. The Morgan fingerprint density at radius 3 is 2.15 bits per heavy atom. The predicted octanol–water partition coefficient (Wildman–Crippen LogP) is 2.96. The number of guanidine groups is 1. The lowest BCUT2D eigenvalue weighted by atomic mass is 9.85. The van der Waals surface area contributed by atoms with Crippen molar-refractivity contribution in [2.75, 3.05) is 7.05 Å². The van der Waals surface area contributed by atoms with Crippen LogP contribution in [-0.2, 0) is 9.59 Å². The first-order valence-electron chi connectivity index (χ1n) is 10.3. The maximum Gasteiger partial charge on any atom is 0.253 e. The van der Waals surface area contributed by atoms with Crippen LogP contribution in [0.15, 0.2) is 4.99 Å². The zero-order chi connectivity index (χ0) is 18.9. The van der Waals surface area contributed by atoms with Gasteiger partial charge in [-0.25, -0.2) is 4.99 Å². The second-order valence-electron chi connectivity index (χ2n) is 8.02. The molecule has 6 heteroatoms. The molecule has 0 radical (unpaired) electrons. The quantitative estimate of drug-likeness (QED) is 0.804. The molecule has 1 unspecified atom stereocenters. The maximum absolute atomic E-state index is 11.7. The van der Waals surface area contributed by atoms with Crippen LogP contribution in [0.2, 0.25) is 0 Å². The van der Waals surface area contributed by atoms with E-state index in [-0.39, 0.29) is 17.9 Å². The van der Waals surface area contributed by atoms with Crippen molar-refractivity contribution in [2.24, 2.45) is 16.6 Å². The summed E-state index contributed by atoms with van der Waals surface area (Å²) < 4.78 is 0. The fourth-order valence-electron chi connectivity index (χ4n) is 4.23. The van der Waals surface area contributed by atoms with E-state index in [0.29, 0.717) is 12.0 Å². The van der Waals surface area contributed by atoms with E-state index in [1.807, 2.05) is 0 Å². The molecule has 0 aromatic carbocycles. The summed E-state index contributed by atoms with van der Waals surface area (Å²) in [4.78, 5) is 28.0. The predicted molar refractivity (Wildman–Crippen MR) is 105 cm³/mol. The zero-order valence-electron chi connectivity index (χ0n) is 16.5. The van der Waals surface area contributed by atoms with Crippen LogP contribution < -0.4 is 11.1 Å². The maximum atomic E-state index is 11.7. The minimum absolute atomic E-state index is 0.0632. The highest BCUT2D eigenvalue weighted by molar-refractivity contribution is 6.03. The Bertz CT molecular complexity index is 494. The van der Waals surface area contributed by atoms with Gasteiger partial charge in [-0.15, -0.1) is 0 Å². The summed E-state index contributed by atoms with van der Waals surface area (Å²) >= 11 is 0. The highest BCUT2D eigenvalue weighted by atomic mass is 16.2. The first-order valence-corrected chi connectivity index (χ1v) is 10.3. The van der Waals surface area contributed by atoms with Gasteiger partial charge in [-0.3, -0.25) is 14.5 Å².